The number of hydrogen-bond donors (Lipinski definition) is 2. The van der Waals surface area contributed by atoms with Crippen LogP contribution in [0.15, 0.2) is 40.9 Å². The van der Waals surface area contributed by atoms with E-state index in [0.717, 1.165) is 37.4 Å². The molecule has 1 saturated heterocycles. The number of aliphatic hydroxyl groups excluding tert-OH is 1. The number of aryl methyl sites for hydroxylation is 1. The molecule has 0 aliphatic carbocycles. The number of amides is 1. The Morgan fingerprint density at radius 1 is 1.24 bits per heavy atom. The van der Waals surface area contributed by atoms with Crippen molar-refractivity contribution in [1.82, 2.24) is 15.0 Å². The Bertz CT molecular complexity index is 681. The van der Waals surface area contributed by atoms with Gasteiger partial charge in [-0.05, 0) is 12.5 Å². The van der Waals surface area contributed by atoms with Crippen molar-refractivity contribution in [2.75, 3.05) is 44.6 Å². The summed E-state index contributed by atoms with van der Waals surface area (Å²) < 4.78 is 4.99. The van der Waals surface area contributed by atoms with E-state index < -0.39 is 6.10 Å². The topological polar surface area (TPSA) is 81.8 Å². The zero-order valence-electron chi connectivity index (χ0n) is 14.4. The Morgan fingerprint density at radius 3 is 2.56 bits per heavy atom. The van der Waals surface area contributed by atoms with Crippen molar-refractivity contribution < 1.29 is 14.4 Å². The number of carbonyl (C=O) groups excluding carboxylic acids is 1. The van der Waals surface area contributed by atoms with Crippen LogP contribution in [0.25, 0.3) is 0 Å². The van der Waals surface area contributed by atoms with Crippen molar-refractivity contribution >= 4 is 11.8 Å². The Hall–Kier alpha value is -2.22. The van der Waals surface area contributed by atoms with Crippen LogP contribution in [0.4, 0.5) is 5.88 Å². The number of carbonyl (C=O) groups is 1. The summed E-state index contributed by atoms with van der Waals surface area (Å²) in [6, 6.07) is 11.4. The highest BCUT2D eigenvalue weighted by Gasteiger charge is 2.21. The van der Waals surface area contributed by atoms with Crippen LogP contribution in [0.5, 0.6) is 0 Å². The second-order valence-electron chi connectivity index (χ2n) is 6.38. The molecule has 1 fully saturated rings. The number of piperazine rings is 1. The maximum Gasteiger partial charge on any atom is 0.240 e. The summed E-state index contributed by atoms with van der Waals surface area (Å²) in [5.74, 6) is 0.279. The summed E-state index contributed by atoms with van der Waals surface area (Å²) in [5.41, 5.74) is 1.67. The van der Waals surface area contributed by atoms with Gasteiger partial charge in [-0.3, -0.25) is 19.9 Å². The fourth-order valence-corrected chi connectivity index (χ4v) is 2.96. The van der Waals surface area contributed by atoms with Crippen LogP contribution in [0.3, 0.4) is 0 Å². The first-order chi connectivity index (χ1) is 12.1. The Labute approximate surface area is 147 Å². The maximum atomic E-state index is 12.0. The molecule has 1 amide bonds. The van der Waals surface area contributed by atoms with Crippen LogP contribution in [0.2, 0.25) is 0 Å². The second kappa shape index (κ2) is 8.24. The maximum absolute atomic E-state index is 12.0. The largest absolute Gasteiger partial charge is 0.387 e. The molecule has 0 saturated carbocycles. The third-order valence-electron chi connectivity index (χ3n) is 4.34. The molecule has 0 bridgehead atoms. The van der Waals surface area contributed by atoms with Gasteiger partial charge in [0.15, 0.2) is 0 Å². The lowest BCUT2D eigenvalue weighted by Crippen LogP contribution is -2.49. The van der Waals surface area contributed by atoms with E-state index in [1.807, 2.05) is 37.3 Å². The van der Waals surface area contributed by atoms with E-state index in [9.17, 15) is 9.90 Å². The standard InChI is InChI=1S/C18H24N4O3/c1-14-11-18(25-20-14)19-17(24)13-22-9-7-21(8-10-22)12-16(23)15-5-3-2-4-6-15/h2-6,11,16,23H,7-10,12-13H2,1H3,(H,19,24)/t16-/m0/s1. The highest BCUT2D eigenvalue weighted by molar-refractivity contribution is 5.90. The van der Waals surface area contributed by atoms with Crippen LogP contribution in [0.1, 0.15) is 17.4 Å². The molecule has 1 aromatic carbocycles. The van der Waals surface area contributed by atoms with Crippen LogP contribution in [-0.2, 0) is 4.79 Å². The first-order valence-electron chi connectivity index (χ1n) is 8.51. The van der Waals surface area contributed by atoms with E-state index in [1.165, 1.54) is 0 Å². The van der Waals surface area contributed by atoms with Gasteiger partial charge in [0.25, 0.3) is 0 Å². The molecule has 2 aromatic rings. The number of nitrogens with zero attached hydrogens (tertiary/aromatic N) is 3. The number of nitrogens with one attached hydrogen (secondary N) is 1. The minimum Gasteiger partial charge on any atom is -0.387 e. The molecule has 7 heteroatoms. The summed E-state index contributed by atoms with van der Waals surface area (Å²) in [6.07, 6.45) is -0.481. The molecule has 1 aromatic heterocycles. The quantitative estimate of drug-likeness (QED) is 0.821. The van der Waals surface area contributed by atoms with E-state index in [0.29, 0.717) is 19.0 Å². The lowest BCUT2D eigenvalue weighted by molar-refractivity contribution is -0.117. The van der Waals surface area contributed by atoms with Gasteiger partial charge in [-0.25, -0.2) is 0 Å². The number of rotatable bonds is 6. The molecule has 1 aliphatic heterocycles. The van der Waals surface area contributed by atoms with Crippen molar-refractivity contribution in [3.8, 4) is 0 Å². The van der Waals surface area contributed by atoms with Gasteiger partial charge >= 0.3 is 0 Å². The molecule has 2 N–H and O–H groups in total. The lowest BCUT2D eigenvalue weighted by atomic mass is 10.1. The molecule has 0 spiro atoms. The molecule has 0 unspecified atom stereocenters. The van der Waals surface area contributed by atoms with E-state index in [1.54, 1.807) is 6.07 Å². The molecule has 2 heterocycles. The van der Waals surface area contributed by atoms with Crippen LogP contribution in [0, 0.1) is 6.92 Å². The number of anilines is 1. The number of aliphatic hydroxyl groups is 1. The monoisotopic (exact) mass is 344 g/mol. The van der Waals surface area contributed by atoms with Crippen molar-refractivity contribution in [2.24, 2.45) is 0 Å². The van der Waals surface area contributed by atoms with E-state index in [2.05, 4.69) is 20.3 Å². The molecule has 134 valence electrons. The van der Waals surface area contributed by atoms with E-state index in [4.69, 9.17) is 4.52 Å². The van der Waals surface area contributed by atoms with Gasteiger partial charge in [0.05, 0.1) is 18.3 Å². The van der Waals surface area contributed by atoms with Gasteiger partial charge in [0.1, 0.15) is 0 Å². The van der Waals surface area contributed by atoms with E-state index >= 15 is 0 Å². The van der Waals surface area contributed by atoms with Gasteiger partial charge in [0, 0.05) is 38.8 Å². The minimum atomic E-state index is -0.481. The van der Waals surface area contributed by atoms with Crippen molar-refractivity contribution in [3.05, 3.63) is 47.7 Å². The smallest absolute Gasteiger partial charge is 0.240 e. The number of benzene rings is 1. The minimum absolute atomic E-state index is 0.103. The van der Waals surface area contributed by atoms with Crippen molar-refractivity contribution in [1.29, 1.82) is 0 Å². The van der Waals surface area contributed by atoms with Gasteiger partial charge < -0.3 is 9.63 Å². The van der Waals surface area contributed by atoms with Crippen molar-refractivity contribution in [3.63, 3.8) is 0 Å². The second-order valence-corrected chi connectivity index (χ2v) is 6.38. The Kier molecular flexibility index (Phi) is 5.80. The first kappa shape index (κ1) is 17.6. The molecular weight excluding hydrogens is 320 g/mol. The normalized spacial score (nSPS) is 17.4. The Balaban J connectivity index is 1.40. The summed E-state index contributed by atoms with van der Waals surface area (Å²) in [5, 5.41) is 16.8. The molecule has 1 aliphatic rings. The number of aromatic nitrogens is 1. The van der Waals surface area contributed by atoms with Crippen LogP contribution < -0.4 is 5.32 Å². The average molecular weight is 344 g/mol. The predicted octanol–water partition coefficient (Wildman–Crippen LogP) is 1.27. The molecule has 7 nitrogen and oxygen atoms in total. The van der Waals surface area contributed by atoms with Gasteiger partial charge in [-0.15, -0.1) is 0 Å². The number of β-amino-alcohol motifs (C(OH)–C–C–N with tert-alkyl or cyclic N) is 1. The summed E-state index contributed by atoms with van der Waals surface area (Å²) >= 11 is 0. The average Bonchev–Trinajstić information content (AvgIpc) is 3.02. The third-order valence-corrected chi connectivity index (χ3v) is 4.34. The van der Waals surface area contributed by atoms with Crippen LogP contribution in [-0.4, -0.2) is 65.2 Å². The summed E-state index contributed by atoms with van der Waals surface area (Å²) in [4.78, 5) is 16.4. The summed E-state index contributed by atoms with van der Waals surface area (Å²) in [6.45, 7) is 6.00. The fourth-order valence-electron chi connectivity index (χ4n) is 2.96. The highest BCUT2D eigenvalue weighted by Crippen LogP contribution is 2.15. The van der Waals surface area contributed by atoms with Gasteiger partial charge in [-0.1, -0.05) is 35.5 Å². The summed E-state index contributed by atoms with van der Waals surface area (Å²) in [7, 11) is 0. The van der Waals surface area contributed by atoms with Crippen LogP contribution >= 0.6 is 0 Å². The fraction of sp³-hybridized carbons (Fsp3) is 0.444. The zero-order valence-corrected chi connectivity index (χ0v) is 14.4. The highest BCUT2D eigenvalue weighted by atomic mass is 16.5. The zero-order chi connectivity index (χ0) is 17.6. The lowest BCUT2D eigenvalue weighted by Gasteiger charge is -2.35. The predicted molar refractivity (Wildman–Crippen MR) is 94.2 cm³/mol. The molecule has 25 heavy (non-hydrogen) atoms. The van der Waals surface area contributed by atoms with Gasteiger partial charge in [-0.2, -0.15) is 0 Å². The molecule has 1 atom stereocenters. The molecular formula is C18H24N4O3. The number of hydrogen-bond acceptors (Lipinski definition) is 6. The SMILES string of the molecule is Cc1cc(NC(=O)CN2CCN(C[C@H](O)c3ccccc3)CC2)on1. The first-order valence-corrected chi connectivity index (χ1v) is 8.51. The van der Waals surface area contributed by atoms with E-state index in [-0.39, 0.29) is 5.91 Å². The van der Waals surface area contributed by atoms with Crippen molar-refractivity contribution in [2.45, 2.75) is 13.0 Å². The third kappa shape index (κ3) is 5.12. The Morgan fingerprint density at radius 2 is 1.92 bits per heavy atom. The molecule has 0 radical (unpaired) electrons. The molecule has 3 rings (SSSR count). The van der Waals surface area contributed by atoms with Gasteiger partial charge in [0.2, 0.25) is 11.8 Å².